The zero-order chi connectivity index (χ0) is 11.9. The van der Waals surface area contributed by atoms with Crippen molar-refractivity contribution >= 4 is 10.9 Å². The van der Waals surface area contributed by atoms with E-state index < -0.39 is 0 Å². The lowest BCUT2D eigenvalue weighted by Gasteiger charge is -2.21. The molecule has 86 valence electrons. The second-order valence-electron chi connectivity index (χ2n) is 4.66. The zero-order valence-electron chi connectivity index (χ0n) is 9.87. The van der Waals surface area contributed by atoms with Gasteiger partial charge in [0.05, 0.1) is 18.2 Å². The molecule has 0 aromatic carbocycles. The number of aromatic amines is 1. The van der Waals surface area contributed by atoms with Crippen LogP contribution in [0.1, 0.15) is 20.8 Å². The first-order valence-corrected chi connectivity index (χ1v) is 5.09. The Morgan fingerprint density at radius 2 is 2.12 bits per heavy atom. The quantitative estimate of drug-likeness (QED) is 0.793. The summed E-state index contributed by atoms with van der Waals surface area (Å²) < 4.78 is 6.92. The molecule has 0 radical (unpaired) electrons. The van der Waals surface area contributed by atoms with Crippen LogP contribution in [0.4, 0.5) is 0 Å². The molecule has 0 spiro atoms. The molecule has 2 heterocycles. The lowest BCUT2D eigenvalue weighted by molar-refractivity contribution is 0.366. The van der Waals surface area contributed by atoms with E-state index in [0.29, 0.717) is 11.3 Å². The second-order valence-corrected chi connectivity index (χ2v) is 4.66. The smallest absolute Gasteiger partial charge is 0.277 e. The maximum atomic E-state index is 11.8. The summed E-state index contributed by atoms with van der Waals surface area (Å²) in [4.78, 5) is 15.9. The molecule has 5 nitrogen and oxygen atoms in total. The summed E-state index contributed by atoms with van der Waals surface area (Å²) in [6.07, 6.45) is 1.64. The van der Waals surface area contributed by atoms with Crippen molar-refractivity contribution in [3.05, 3.63) is 22.6 Å². The van der Waals surface area contributed by atoms with E-state index in [1.165, 1.54) is 7.11 Å². The molecular formula is C11H15N3O2. The van der Waals surface area contributed by atoms with Crippen molar-refractivity contribution in [2.24, 2.45) is 0 Å². The van der Waals surface area contributed by atoms with Gasteiger partial charge in [0.2, 0.25) is 5.88 Å². The minimum atomic E-state index is -0.187. The highest BCUT2D eigenvalue weighted by molar-refractivity contribution is 5.83. The van der Waals surface area contributed by atoms with Crippen molar-refractivity contribution in [2.45, 2.75) is 26.3 Å². The molecular weight excluding hydrogens is 206 g/mol. The van der Waals surface area contributed by atoms with Gasteiger partial charge < -0.3 is 4.74 Å². The van der Waals surface area contributed by atoms with Crippen LogP contribution in [0.2, 0.25) is 0 Å². The highest BCUT2D eigenvalue weighted by atomic mass is 16.5. The highest BCUT2D eigenvalue weighted by Crippen LogP contribution is 2.23. The number of ether oxygens (including phenoxy) is 1. The molecule has 5 heteroatoms. The van der Waals surface area contributed by atoms with Crippen molar-refractivity contribution in [1.82, 2.24) is 14.8 Å². The van der Waals surface area contributed by atoms with Gasteiger partial charge in [0.15, 0.2) is 0 Å². The van der Waals surface area contributed by atoms with E-state index in [0.717, 1.165) is 5.52 Å². The fraction of sp³-hybridized carbons (Fsp3) is 0.455. The Balaban J connectivity index is 2.87. The highest BCUT2D eigenvalue weighted by Gasteiger charge is 2.20. The Hall–Kier alpha value is -1.78. The van der Waals surface area contributed by atoms with E-state index in [4.69, 9.17) is 4.74 Å². The van der Waals surface area contributed by atoms with Crippen LogP contribution in [0, 0.1) is 0 Å². The summed E-state index contributed by atoms with van der Waals surface area (Å²) in [6.45, 7) is 6.07. The summed E-state index contributed by atoms with van der Waals surface area (Å²) in [6, 6.07) is 1.81. The van der Waals surface area contributed by atoms with Crippen molar-refractivity contribution in [2.75, 3.05) is 7.11 Å². The largest absolute Gasteiger partial charge is 0.480 e. The second kappa shape index (κ2) is 3.37. The first-order chi connectivity index (χ1) is 7.45. The summed E-state index contributed by atoms with van der Waals surface area (Å²) in [7, 11) is 1.51. The number of aromatic nitrogens is 3. The molecule has 0 unspecified atom stereocenters. The average Bonchev–Trinajstić information content (AvgIpc) is 2.56. The van der Waals surface area contributed by atoms with Crippen LogP contribution in [0.25, 0.3) is 10.9 Å². The summed E-state index contributed by atoms with van der Waals surface area (Å²) in [5, 5.41) is 3.31. The molecule has 0 aliphatic rings. The number of fused-ring (bicyclic) bond motifs is 1. The summed E-state index contributed by atoms with van der Waals surface area (Å²) in [5.74, 6) is 0.363. The number of H-pyrrole nitrogens is 1. The molecule has 2 rings (SSSR count). The standard InChI is InChI=1S/C11H15N3O2/c1-11(2,3)14-7-5-6-12-10(16-4)8(7)9(15)13-14/h5-6H,1-4H3,(H,13,15). The number of methoxy groups -OCH3 is 1. The van der Waals surface area contributed by atoms with Gasteiger partial charge >= 0.3 is 0 Å². The van der Waals surface area contributed by atoms with Gasteiger partial charge in [0.1, 0.15) is 5.39 Å². The molecule has 0 saturated carbocycles. The zero-order valence-corrected chi connectivity index (χ0v) is 9.87. The number of hydrogen-bond donors (Lipinski definition) is 1. The average molecular weight is 221 g/mol. The van der Waals surface area contributed by atoms with Crippen LogP contribution >= 0.6 is 0 Å². The molecule has 2 aromatic heterocycles. The van der Waals surface area contributed by atoms with Crippen LogP contribution in [0.5, 0.6) is 5.88 Å². The summed E-state index contributed by atoms with van der Waals surface area (Å²) in [5.41, 5.74) is 0.451. The van der Waals surface area contributed by atoms with E-state index in [2.05, 4.69) is 10.1 Å². The third-order valence-electron chi connectivity index (χ3n) is 2.44. The minimum Gasteiger partial charge on any atom is -0.480 e. The van der Waals surface area contributed by atoms with Gasteiger partial charge in [-0.25, -0.2) is 4.98 Å². The van der Waals surface area contributed by atoms with E-state index >= 15 is 0 Å². The Bertz CT molecular complexity index is 575. The molecule has 0 aliphatic heterocycles. The van der Waals surface area contributed by atoms with Crippen molar-refractivity contribution in [3.8, 4) is 5.88 Å². The van der Waals surface area contributed by atoms with Crippen LogP contribution < -0.4 is 10.3 Å². The van der Waals surface area contributed by atoms with Crippen LogP contribution in [0.15, 0.2) is 17.1 Å². The summed E-state index contributed by atoms with van der Waals surface area (Å²) >= 11 is 0. The van der Waals surface area contributed by atoms with Gasteiger partial charge in [-0.3, -0.25) is 14.6 Å². The number of pyridine rings is 1. The molecule has 2 aromatic rings. The van der Waals surface area contributed by atoms with Crippen molar-refractivity contribution in [3.63, 3.8) is 0 Å². The van der Waals surface area contributed by atoms with Crippen LogP contribution in [-0.2, 0) is 5.54 Å². The topological polar surface area (TPSA) is 59.9 Å². The van der Waals surface area contributed by atoms with Gasteiger partial charge in [-0.15, -0.1) is 0 Å². The molecule has 0 fully saturated rings. The van der Waals surface area contributed by atoms with Crippen LogP contribution in [-0.4, -0.2) is 21.9 Å². The molecule has 0 aliphatic carbocycles. The Morgan fingerprint density at radius 1 is 1.44 bits per heavy atom. The third-order valence-corrected chi connectivity index (χ3v) is 2.44. The number of hydrogen-bond acceptors (Lipinski definition) is 3. The first-order valence-electron chi connectivity index (χ1n) is 5.09. The number of nitrogens with one attached hydrogen (secondary N) is 1. The van der Waals surface area contributed by atoms with Crippen LogP contribution in [0.3, 0.4) is 0 Å². The van der Waals surface area contributed by atoms with E-state index in [1.807, 2.05) is 25.5 Å². The van der Waals surface area contributed by atoms with E-state index in [9.17, 15) is 4.79 Å². The van der Waals surface area contributed by atoms with Gasteiger partial charge in [-0.2, -0.15) is 0 Å². The molecule has 16 heavy (non-hydrogen) atoms. The van der Waals surface area contributed by atoms with Crippen molar-refractivity contribution < 1.29 is 4.74 Å². The third kappa shape index (κ3) is 1.48. The molecule has 0 atom stereocenters. The Morgan fingerprint density at radius 3 is 2.69 bits per heavy atom. The fourth-order valence-corrected chi connectivity index (χ4v) is 1.73. The van der Waals surface area contributed by atoms with Gasteiger partial charge in [-0.05, 0) is 26.8 Å². The molecule has 1 N–H and O–H groups in total. The van der Waals surface area contributed by atoms with Gasteiger partial charge in [0.25, 0.3) is 5.56 Å². The molecule has 0 bridgehead atoms. The Kier molecular flexibility index (Phi) is 2.26. The predicted molar refractivity (Wildman–Crippen MR) is 61.9 cm³/mol. The Labute approximate surface area is 93.0 Å². The maximum absolute atomic E-state index is 11.8. The molecule has 0 amide bonds. The molecule has 0 saturated heterocycles. The first kappa shape index (κ1) is 10.7. The van der Waals surface area contributed by atoms with Crippen molar-refractivity contribution in [1.29, 1.82) is 0 Å². The SMILES string of the molecule is COc1nccc2c1c(=O)[nH]n2C(C)(C)C. The number of rotatable bonds is 1. The monoisotopic (exact) mass is 221 g/mol. The van der Waals surface area contributed by atoms with Gasteiger partial charge in [0, 0.05) is 6.20 Å². The predicted octanol–water partition coefficient (Wildman–Crippen LogP) is 1.49. The van der Waals surface area contributed by atoms with E-state index in [-0.39, 0.29) is 11.1 Å². The number of nitrogens with zero attached hydrogens (tertiary/aromatic N) is 2. The minimum absolute atomic E-state index is 0.171. The lowest BCUT2D eigenvalue weighted by Crippen LogP contribution is -2.24. The normalized spacial score (nSPS) is 12.0. The lowest BCUT2D eigenvalue weighted by atomic mass is 10.1. The van der Waals surface area contributed by atoms with Gasteiger partial charge in [-0.1, -0.05) is 0 Å². The van der Waals surface area contributed by atoms with E-state index in [1.54, 1.807) is 12.3 Å². The fourth-order valence-electron chi connectivity index (χ4n) is 1.73. The maximum Gasteiger partial charge on any atom is 0.277 e.